The molecule has 16 heavy (non-hydrogen) atoms. The summed E-state index contributed by atoms with van der Waals surface area (Å²) in [5, 5.41) is 9.19. The molecular weight excluding hydrogens is 312 g/mol. The van der Waals surface area contributed by atoms with Crippen molar-refractivity contribution in [2.75, 3.05) is 18.0 Å². The lowest BCUT2D eigenvalue weighted by Gasteiger charge is -2.35. The normalized spacial score (nSPS) is 32.6. The topological polar surface area (TPSA) is 55.0 Å². The SMILES string of the molecule is Cl.NC1C2CCC1CN(c1nnc(Br)s1)C2. The number of nitrogens with zero attached hydrogens (tertiary/aromatic N) is 3. The number of rotatable bonds is 1. The van der Waals surface area contributed by atoms with Gasteiger partial charge in [0.25, 0.3) is 0 Å². The molecule has 4 nitrogen and oxygen atoms in total. The highest BCUT2D eigenvalue weighted by Gasteiger charge is 2.40. The predicted molar refractivity (Wildman–Crippen MR) is 71.3 cm³/mol. The summed E-state index contributed by atoms with van der Waals surface area (Å²) in [4.78, 5) is 2.34. The molecule has 7 heteroatoms. The van der Waals surface area contributed by atoms with Crippen LogP contribution in [0.5, 0.6) is 0 Å². The molecule has 2 N–H and O–H groups in total. The maximum atomic E-state index is 6.16. The third-order valence-electron chi connectivity index (χ3n) is 3.57. The first-order chi connectivity index (χ1) is 7.24. The fourth-order valence-corrected chi connectivity index (χ4v) is 3.85. The molecule has 90 valence electrons. The first-order valence-corrected chi connectivity index (χ1v) is 6.84. The molecule has 0 radical (unpaired) electrons. The van der Waals surface area contributed by atoms with E-state index in [1.54, 1.807) is 11.3 Å². The van der Waals surface area contributed by atoms with Crippen molar-refractivity contribution in [2.45, 2.75) is 18.9 Å². The average molecular weight is 326 g/mol. The first-order valence-electron chi connectivity index (χ1n) is 5.23. The van der Waals surface area contributed by atoms with Gasteiger partial charge in [0, 0.05) is 19.1 Å². The number of halogens is 2. The second-order valence-corrected chi connectivity index (χ2v) is 6.65. The minimum Gasteiger partial charge on any atom is -0.346 e. The van der Waals surface area contributed by atoms with E-state index < -0.39 is 0 Å². The summed E-state index contributed by atoms with van der Waals surface area (Å²) < 4.78 is 0.861. The van der Waals surface area contributed by atoms with Crippen molar-refractivity contribution in [1.29, 1.82) is 0 Å². The maximum absolute atomic E-state index is 6.16. The van der Waals surface area contributed by atoms with E-state index in [-0.39, 0.29) is 12.4 Å². The van der Waals surface area contributed by atoms with Crippen molar-refractivity contribution < 1.29 is 0 Å². The lowest BCUT2D eigenvalue weighted by atomic mass is 9.93. The molecule has 1 saturated carbocycles. The fourth-order valence-electron chi connectivity index (χ4n) is 2.75. The fraction of sp³-hybridized carbons (Fsp3) is 0.778. The summed E-state index contributed by atoms with van der Waals surface area (Å²) in [7, 11) is 0. The van der Waals surface area contributed by atoms with Crippen LogP contribution in [-0.4, -0.2) is 29.3 Å². The van der Waals surface area contributed by atoms with E-state index in [1.165, 1.54) is 12.8 Å². The van der Waals surface area contributed by atoms with Gasteiger partial charge in [-0.05, 0) is 40.6 Å². The molecule has 2 atom stereocenters. The van der Waals surface area contributed by atoms with Gasteiger partial charge in [-0.1, -0.05) is 11.3 Å². The molecule has 0 aromatic carbocycles. The molecule has 1 aromatic heterocycles. The molecule has 1 aliphatic carbocycles. The van der Waals surface area contributed by atoms with Crippen LogP contribution in [0, 0.1) is 11.8 Å². The van der Waals surface area contributed by atoms with Crippen LogP contribution < -0.4 is 10.6 Å². The summed E-state index contributed by atoms with van der Waals surface area (Å²) in [6.45, 7) is 2.11. The Morgan fingerprint density at radius 1 is 1.25 bits per heavy atom. The zero-order chi connectivity index (χ0) is 10.4. The summed E-state index contributed by atoms with van der Waals surface area (Å²) in [5.41, 5.74) is 6.16. The van der Waals surface area contributed by atoms with E-state index in [4.69, 9.17) is 5.73 Å². The van der Waals surface area contributed by atoms with Crippen molar-refractivity contribution in [3.63, 3.8) is 0 Å². The highest BCUT2D eigenvalue weighted by molar-refractivity contribution is 9.11. The molecular formula is C9H14BrClN4S. The minimum absolute atomic E-state index is 0. The number of piperidine rings is 1. The monoisotopic (exact) mass is 324 g/mol. The van der Waals surface area contributed by atoms with Gasteiger partial charge >= 0.3 is 0 Å². The van der Waals surface area contributed by atoms with Crippen molar-refractivity contribution in [1.82, 2.24) is 10.2 Å². The molecule has 2 unspecified atom stereocenters. The zero-order valence-corrected chi connectivity index (χ0v) is 11.9. The lowest BCUT2D eigenvalue weighted by molar-refractivity contribution is 0.356. The van der Waals surface area contributed by atoms with Gasteiger partial charge in [0.05, 0.1) is 0 Å². The summed E-state index contributed by atoms with van der Waals surface area (Å²) in [6, 6.07) is 0.414. The zero-order valence-electron chi connectivity index (χ0n) is 8.67. The summed E-state index contributed by atoms with van der Waals surface area (Å²) >= 11 is 4.96. The summed E-state index contributed by atoms with van der Waals surface area (Å²) in [6.07, 6.45) is 2.56. The van der Waals surface area contributed by atoms with E-state index >= 15 is 0 Å². The van der Waals surface area contributed by atoms with Crippen molar-refractivity contribution in [2.24, 2.45) is 17.6 Å². The van der Waals surface area contributed by atoms with Crippen LogP contribution >= 0.6 is 39.7 Å². The van der Waals surface area contributed by atoms with E-state index in [9.17, 15) is 0 Å². The first kappa shape index (κ1) is 12.5. The number of fused-ring (bicyclic) bond motifs is 2. The molecule has 2 fully saturated rings. The number of hydrogen-bond donors (Lipinski definition) is 1. The molecule has 0 spiro atoms. The van der Waals surface area contributed by atoms with Crippen molar-refractivity contribution >= 4 is 44.8 Å². The Hall–Kier alpha value is 0.0900. The Bertz CT molecular complexity index is 360. The average Bonchev–Trinajstić information content (AvgIpc) is 2.70. The van der Waals surface area contributed by atoms with Gasteiger partial charge in [-0.25, -0.2) is 0 Å². The van der Waals surface area contributed by atoms with Crippen LogP contribution in [-0.2, 0) is 0 Å². The van der Waals surface area contributed by atoms with Crippen LogP contribution in [0.1, 0.15) is 12.8 Å². The molecule has 3 rings (SSSR count). The van der Waals surface area contributed by atoms with E-state index in [0.717, 1.165) is 22.1 Å². The van der Waals surface area contributed by atoms with Crippen LogP contribution in [0.4, 0.5) is 5.13 Å². The van der Waals surface area contributed by atoms with E-state index in [0.29, 0.717) is 17.9 Å². The second kappa shape index (κ2) is 4.76. The van der Waals surface area contributed by atoms with Gasteiger partial charge in [0.15, 0.2) is 3.92 Å². The molecule has 0 amide bonds. The van der Waals surface area contributed by atoms with Crippen molar-refractivity contribution in [3.05, 3.63) is 3.92 Å². The molecule has 1 aromatic rings. The van der Waals surface area contributed by atoms with Gasteiger partial charge < -0.3 is 10.6 Å². The van der Waals surface area contributed by atoms with Gasteiger partial charge in [-0.15, -0.1) is 22.6 Å². The lowest BCUT2D eigenvalue weighted by Crippen LogP contribution is -2.48. The number of aromatic nitrogens is 2. The molecule has 1 aliphatic heterocycles. The Labute approximate surface area is 113 Å². The highest BCUT2D eigenvalue weighted by atomic mass is 79.9. The van der Waals surface area contributed by atoms with Crippen LogP contribution in [0.15, 0.2) is 3.92 Å². The van der Waals surface area contributed by atoms with Crippen LogP contribution in [0.25, 0.3) is 0 Å². The quantitative estimate of drug-likeness (QED) is 0.857. The highest BCUT2D eigenvalue weighted by Crippen LogP contribution is 2.38. The second-order valence-electron chi connectivity index (χ2n) is 4.42. The summed E-state index contributed by atoms with van der Waals surface area (Å²) in [5.74, 6) is 1.32. The van der Waals surface area contributed by atoms with E-state index in [2.05, 4.69) is 31.0 Å². The molecule has 2 bridgehead atoms. The number of hydrogen-bond acceptors (Lipinski definition) is 5. The third-order valence-corrected chi connectivity index (χ3v) is 4.98. The van der Waals surface area contributed by atoms with Crippen molar-refractivity contribution in [3.8, 4) is 0 Å². The van der Waals surface area contributed by atoms with Gasteiger partial charge in [0.2, 0.25) is 5.13 Å². The van der Waals surface area contributed by atoms with Gasteiger partial charge in [0.1, 0.15) is 0 Å². The largest absolute Gasteiger partial charge is 0.346 e. The number of anilines is 1. The predicted octanol–water partition coefficient (Wildman–Crippen LogP) is 1.90. The molecule has 2 aliphatic rings. The molecule has 2 heterocycles. The maximum Gasteiger partial charge on any atom is 0.209 e. The van der Waals surface area contributed by atoms with Crippen LogP contribution in [0.3, 0.4) is 0 Å². The van der Waals surface area contributed by atoms with Gasteiger partial charge in [-0.3, -0.25) is 0 Å². The Morgan fingerprint density at radius 2 is 1.88 bits per heavy atom. The van der Waals surface area contributed by atoms with Gasteiger partial charge in [-0.2, -0.15) is 0 Å². The minimum atomic E-state index is 0. The Kier molecular flexibility index (Phi) is 3.73. The Morgan fingerprint density at radius 3 is 2.38 bits per heavy atom. The smallest absolute Gasteiger partial charge is 0.209 e. The number of nitrogens with two attached hydrogens (primary N) is 1. The Balaban J connectivity index is 0.000000963. The molecule has 1 saturated heterocycles. The third kappa shape index (κ3) is 2.08. The van der Waals surface area contributed by atoms with E-state index in [1.807, 2.05) is 0 Å². The standard InChI is InChI=1S/C9H13BrN4S.ClH/c10-8-12-13-9(15-8)14-3-5-1-2-6(4-14)7(5)11;/h5-7H,1-4,11H2;1H. The van der Waals surface area contributed by atoms with Crippen LogP contribution in [0.2, 0.25) is 0 Å².